The largest absolute Gasteiger partial charge is 0.392 e. The molecule has 1 aromatic heterocycles. The van der Waals surface area contributed by atoms with E-state index < -0.39 is 15.9 Å². The third-order valence-electron chi connectivity index (χ3n) is 4.41. The van der Waals surface area contributed by atoms with Gasteiger partial charge in [-0.2, -0.15) is 4.98 Å². The second-order valence-corrected chi connectivity index (χ2v) is 8.19. The summed E-state index contributed by atoms with van der Waals surface area (Å²) in [5, 5.41) is 14.0. The van der Waals surface area contributed by atoms with Gasteiger partial charge >= 0.3 is 0 Å². The fourth-order valence-corrected chi connectivity index (χ4v) is 4.94. The Balaban J connectivity index is 1.62. The highest BCUT2D eigenvalue weighted by Gasteiger charge is 2.33. The van der Waals surface area contributed by atoms with Gasteiger partial charge in [-0.1, -0.05) is 18.0 Å². The van der Waals surface area contributed by atoms with Crippen LogP contribution in [0.4, 0.5) is 0 Å². The lowest BCUT2D eigenvalue weighted by Crippen LogP contribution is -2.20. The number of aliphatic hydroxyl groups is 1. The number of aromatic nitrogens is 2. The molecule has 7 heteroatoms. The van der Waals surface area contributed by atoms with Crippen molar-refractivity contribution in [1.29, 1.82) is 0 Å². The maximum absolute atomic E-state index is 11.4. The highest BCUT2D eigenvalue weighted by Crippen LogP contribution is 2.30. The van der Waals surface area contributed by atoms with E-state index in [9.17, 15) is 13.5 Å². The molecule has 2 aliphatic rings. The lowest BCUT2D eigenvalue weighted by Gasteiger charge is -2.14. The van der Waals surface area contributed by atoms with Gasteiger partial charge in [-0.25, -0.2) is 8.42 Å². The van der Waals surface area contributed by atoms with Crippen LogP contribution in [-0.2, 0) is 16.3 Å². The van der Waals surface area contributed by atoms with Gasteiger partial charge in [-0.05, 0) is 25.2 Å². The van der Waals surface area contributed by atoms with Gasteiger partial charge in [-0.15, -0.1) is 0 Å². The summed E-state index contributed by atoms with van der Waals surface area (Å²) in [6, 6.07) is 0. The van der Waals surface area contributed by atoms with Crippen molar-refractivity contribution in [2.75, 3.05) is 11.5 Å². The second-order valence-electron chi connectivity index (χ2n) is 5.96. The van der Waals surface area contributed by atoms with E-state index in [-0.39, 0.29) is 17.4 Å². The summed E-state index contributed by atoms with van der Waals surface area (Å²) >= 11 is 0. The lowest BCUT2D eigenvalue weighted by molar-refractivity contribution is 0.102. The molecule has 6 nitrogen and oxygen atoms in total. The van der Waals surface area contributed by atoms with E-state index in [0.29, 0.717) is 30.5 Å². The highest BCUT2D eigenvalue weighted by atomic mass is 32.2. The van der Waals surface area contributed by atoms with E-state index in [0.717, 1.165) is 12.8 Å². The van der Waals surface area contributed by atoms with E-state index in [2.05, 4.69) is 10.1 Å². The molecule has 0 radical (unpaired) electrons. The average Bonchev–Trinajstić information content (AvgIpc) is 3.08. The minimum atomic E-state index is -2.94. The minimum Gasteiger partial charge on any atom is -0.392 e. The van der Waals surface area contributed by atoms with Crippen LogP contribution >= 0.6 is 0 Å². The number of aliphatic hydroxyl groups excluding tert-OH is 1. The normalized spacial score (nSPS) is 27.9. The first-order chi connectivity index (χ1) is 9.53. The Labute approximate surface area is 118 Å². The maximum atomic E-state index is 11.4. The molecule has 1 saturated heterocycles. The van der Waals surface area contributed by atoms with Crippen molar-refractivity contribution in [2.45, 2.75) is 50.5 Å². The molecule has 3 rings (SSSR count). The Morgan fingerprint density at radius 3 is 2.70 bits per heavy atom. The quantitative estimate of drug-likeness (QED) is 0.894. The Morgan fingerprint density at radius 1 is 1.30 bits per heavy atom. The van der Waals surface area contributed by atoms with Gasteiger partial charge in [0.05, 0.1) is 24.0 Å². The molecule has 0 amide bonds. The van der Waals surface area contributed by atoms with Gasteiger partial charge in [0.2, 0.25) is 5.89 Å². The third kappa shape index (κ3) is 3.03. The van der Waals surface area contributed by atoms with E-state index in [1.54, 1.807) is 0 Å². The van der Waals surface area contributed by atoms with Crippen molar-refractivity contribution in [3.8, 4) is 0 Å². The smallest absolute Gasteiger partial charge is 0.229 e. The summed E-state index contributed by atoms with van der Waals surface area (Å²) < 4.78 is 28.1. The zero-order chi connectivity index (χ0) is 14.2. The van der Waals surface area contributed by atoms with Gasteiger partial charge in [0.15, 0.2) is 15.7 Å². The fraction of sp³-hybridized carbons (Fsp3) is 0.846. The molecular weight excluding hydrogens is 280 g/mol. The molecule has 1 aliphatic carbocycles. The molecule has 2 atom stereocenters. The number of rotatable bonds is 4. The number of hydrogen-bond donors (Lipinski definition) is 1. The maximum Gasteiger partial charge on any atom is 0.229 e. The molecule has 1 N–H and O–H groups in total. The van der Waals surface area contributed by atoms with Crippen molar-refractivity contribution in [1.82, 2.24) is 10.1 Å². The van der Waals surface area contributed by atoms with E-state index in [4.69, 9.17) is 4.52 Å². The van der Waals surface area contributed by atoms with Gasteiger partial charge in [0.25, 0.3) is 0 Å². The molecule has 0 aromatic carbocycles. The van der Waals surface area contributed by atoms with Crippen molar-refractivity contribution < 1.29 is 18.0 Å². The standard InChI is InChI=1S/C13H20N2O4S/c16-11(9-3-1-2-4-9)7-12-14-13(15-19-12)10-5-6-20(17,18)8-10/h9-11,16H,1-8H2. The first-order valence-corrected chi connectivity index (χ1v) is 9.06. The van der Waals surface area contributed by atoms with Crippen molar-refractivity contribution in [3.05, 3.63) is 11.7 Å². The van der Waals surface area contributed by atoms with Crippen LogP contribution in [0, 0.1) is 5.92 Å². The minimum absolute atomic E-state index is 0.108. The Hall–Kier alpha value is -0.950. The average molecular weight is 300 g/mol. The van der Waals surface area contributed by atoms with Crippen molar-refractivity contribution in [3.63, 3.8) is 0 Å². The highest BCUT2D eigenvalue weighted by molar-refractivity contribution is 7.91. The summed E-state index contributed by atoms with van der Waals surface area (Å²) in [6.07, 6.45) is 4.97. The van der Waals surface area contributed by atoms with Crippen LogP contribution in [0.2, 0.25) is 0 Å². The van der Waals surface area contributed by atoms with E-state index in [1.807, 2.05) is 0 Å². The molecular formula is C13H20N2O4S. The Kier molecular flexibility index (Phi) is 3.81. The van der Waals surface area contributed by atoms with E-state index >= 15 is 0 Å². The molecule has 0 bridgehead atoms. The molecule has 2 heterocycles. The van der Waals surface area contributed by atoms with Crippen molar-refractivity contribution >= 4 is 9.84 Å². The summed E-state index contributed by atoms with van der Waals surface area (Å²) in [5.41, 5.74) is 0. The Bertz CT molecular complexity index is 563. The van der Waals surface area contributed by atoms with Crippen LogP contribution < -0.4 is 0 Å². The number of hydrogen-bond acceptors (Lipinski definition) is 6. The predicted octanol–water partition coefficient (Wildman–Crippen LogP) is 1.07. The summed E-state index contributed by atoms with van der Waals surface area (Å²) in [5.74, 6) is 1.38. The van der Waals surface area contributed by atoms with Crippen LogP contribution in [0.5, 0.6) is 0 Å². The molecule has 20 heavy (non-hydrogen) atoms. The van der Waals surface area contributed by atoms with Crippen LogP contribution in [-0.4, -0.2) is 41.3 Å². The fourth-order valence-electron chi connectivity index (χ4n) is 3.20. The monoisotopic (exact) mass is 300 g/mol. The topological polar surface area (TPSA) is 93.3 Å². The van der Waals surface area contributed by atoms with Gasteiger partial charge < -0.3 is 9.63 Å². The van der Waals surface area contributed by atoms with Gasteiger partial charge in [-0.3, -0.25) is 0 Å². The van der Waals surface area contributed by atoms with Gasteiger partial charge in [0.1, 0.15) is 0 Å². The first-order valence-electron chi connectivity index (χ1n) is 7.24. The van der Waals surface area contributed by atoms with Crippen LogP contribution in [0.1, 0.15) is 49.7 Å². The summed E-state index contributed by atoms with van der Waals surface area (Å²) in [6.45, 7) is 0. The molecule has 1 aromatic rings. The zero-order valence-corrected chi connectivity index (χ0v) is 12.2. The number of nitrogens with zero attached hydrogens (tertiary/aromatic N) is 2. The van der Waals surface area contributed by atoms with Gasteiger partial charge in [0, 0.05) is 5.92 Å². The molecule has 2 fully saturated rings. The summed E-state index contributed by atoms with van der Waals surface area (Å²) in [4.78, 5) is 4.27. The SMILES string of the molecule is O=S1(=O)CCC(c2noc(CC(O)C3CCCC3)n2)C1. The molecule has 2 unspecified atom stereocenters. The third-order valence-corrected chi connectivity index (χ3v) is 6.18. The molecule has 1 aliphatic heterocycles. The van der Waals surface area contributed by atoms with E-state index in [1.165, 1.54) is 12.8 Å². The molecule has 1 saturated carbocycles. The van der Waals surface area contributed by atoms with Crippen molar-refractivity contribution in [2.24, 2.45) is 5.92 Å². The first kappa shape index (κ1) is 14.0. The second kappa shape index (κ2) is 5.44. The van der Waals surface area contributed by atoms with Crippen LogP contribution in [0.15, 0.2) is 4.52 Å². The predicted molar refractivity (Wildman–Crippen MR) is 72.0 cm³/mol. The zero-order valence-electron chi connectivity index (χ0n) is 11.4. The molecule has 112 valence electrons. The summed E-state index contributed by atoms with van der Waals surface area (Å²) in [7, 11) is -2.94. The number of sulfone groups is 1. The lowest BCUT2D eigenvalue weighted by atomic mass is 9.98. The van der Waals surface area contributed by atoms with Crippen LogP contribution in [0.3, 0.4) is 0 Å². The molecule has 0 spiro atoms. The Morgan fingerprint density at radius 2 is 2.05 bits per heavy atom. The van der Waals surface area contributed by atoms with Crippen LogP contribution in [0.25, 0.3) is 0 Å².